The number of fused-ring (bicyclic) bond motifs is 1. The van der Waals surface area contributed by atoms with Crippen molar-refractivity contribution in [2.24, 2.45) is 16.0 Å². The number of morpholine rings is 1. The van der Waals surface area contributed by atoms with Gasteiger partial charge in [-0.05, 0) is 70.0 Å². The van der Waals surface area contributed by atoms with Crippen LogP contribution < -0.4 is 120 Å². The van der Waals surface area contributed by atoms with Crippen LogP contribution in [0.2, 0.25) is 0 Å². The SMILES string of the molecule is NC(=O)c1cc[n+](-c2nc(Nc3cc4c(O)c(N=Nc5ccc(S(=O)(=O)CCOSOO[O-])cc5)c(SOO[O-])cc4cc3S(=O)(=O)[O-])nc(N3CCOCC3)n2)cc1.[Na+].[Na+].[Na+]. The molecule has 1 fully saturated rings. The predicted octanol–water partition coefficient (Wildman–Crippen LogP) is -8.17. The second-order valence-corrected chi connectivity index (χ2v) is 16.4. The Kier molecular flexibility index (Phi) is 21.7. The van der Waals surface area contributed by atoms with Gasteiger partial charge in [0.05, 0.1) is 76.1 Å². The number of primary amides is 1. The van der Waals surface area contributed by atoms with Crippen LogP contribution in [-0.2, 0) is 47.6 Å². The zero-order valence-electron chi connectivity index (χ0n) is 32.6. The topological polar surface area (TPSA) is 339 Å². The number of azo groups is 1. The van der Waals surface area contributed by atoms with E-state index >= 15 is 0 Å². The quantitative estimate of drug-likeness (QED) is 0.0107. The third-order valence-electron chi connectivity index (χ3n) is 8.07. The maximum absolute atomic E-state index is 12.7. The van der Waals surface area contributed by atoms with E-state index in [2.05, 4.69) is 49.2 Å². The minimum Gasteiger partial charge on any atom is -0.744 e. The molecule has 1 saturated heterocycles. The molecule has 31 heteroatoms. The zero-order chi connectivity index (χ0) is 42.2. The number of nitrogens with zero attached hydrogens (tertiary/aromatic N) is 7. The largest absolute Gasteiger partial charge is 1.00 e. The number of nitrogens with two attached hydrogens (primary N) is 1. The van der Waals surface area contributed by atoms with E-state index in [4.69, 9.17) is 14.7 Å². The van der Waals surface area contributed by atoms with Gasteiger partial charge in [0.15, 0.2) is 27.9 Å². The van der Waals surface area contributed by atoms with Gasteiger partial charge in [0.25, 0.3) is 0 Å². The molecule has 0 spiro atoms. The fraction of sp³-hybridized carbons (Fsp3) is 0.194. The van der Waals surface area contributed by atoms with Gasteiger partial charge in [0.1, 0.15) is 15.8 Å². The number of phenolic OH excluding ortho intramolecular Hbond substituents is 1. The number of aromatic nitrogens is 4. The van der Waals surface area contributed by atoms with Crippen molar-refractivity contribution >= 4 is 90.0 Å². The van der Waals surface area contributed by atoms with Gasteiger partial charge in [0, 0.05) is 24.0 Å². The van der Waals surface area contributed by atoms with E-state index in [-0.39, 0.29) is 181 Å². The molecule has 1 aliphatic heterocycles. The number of amides is 1. The van der Waals surface area contributed by atoms with Crippen molar-refractivity contribution in [3.63, 3.8) is 0 Å². The van der Waals surface area contributed by atoms with Gasteiger partial charge in [-0.3, -0.25) is 19.1 Å². The number of carbonyl (C=O) groups excluding carboxylic acids is 1. The van der Waals surface area contributed by atoms with Crippen LogP contribution in [0.15, 0.2) is 91.9 Å². The Hall–Kier alpha value is -2.21. The Labute approximate surface area is 426 Å². The van der Waals surface area contributed by atoms with E-state index in [1.54, 1.807) is 4.90 Å². The predicted molar refractivity (Wildman–Crippen MR) is 196 cm³/mol. The van der Waals surface area contributed by atoms with Crippen LogP contribution in [0, 0.1) is 0 Å². The monoisotopic (exact) mass is 962 g/mol. The summed E-state index contributed by atoms with van der Waals surface area (Å²) >= 11 is 0.440. The molecule has 312 valence electrons. The van der Waals surface area contributed by atoms with Crippen molar-refractivity contribution in [1.29, 1.82) is 0 Å². The number of sulfone groups is 1. The fourth-order valence-electron chi connectivity index (χ4n) is 5.32. The molecule has 5 aromatic rings. The zero-order valence-corrected chi connectivity index (χ0v) is 41.9. The minimum absolute atomic E-state index is 0. The van der Waals surface area contributed by atoms with E-state index in [0.29, 0.717) is 26.3 Å². The molecule has 0 bridgehead atoms. The maximum atomic E-state index is 12.7. The number of ether oxygens (including phenoxy) is 1. The van der Waals surface area contributed by atoms with Crippen LogP contribution in [0.3, 0.4) is 0 Å². The average Bonchev–Trinajstić information content (AvgIpc) is 3.22. The van der Waals surface area contributed by atoms with Gasteiger partial charge in [-0.2, -0.15) is 9.45 Å². The summed E-state index contributed by atoms with van der Waals surface area (Å²) in [5.74, 6) is -1.81. The number of aromatic hydroxyl groups is 1. The van der Waals surface area contributed by atoms with Gasteiger partial charge in [-0.1, -0.05) is 0 Å². The van der Waals surface area contributed by atoms with Crippen LogP contribution in [0.1, 0.15) is 10.4 Å². The molecular weight excluding hydrogens is 936 g/mol. The molecule has 24 nitrogen and oxygen atoms in total. The number of rotatable bonds is 18. The summed E-state index contributed by atoms with van der Waals surface area (Å²) in [6, 6.07) is 11.2. The number of hydrogen-bond donors (Lipinski definition) is 3. The molecule has 3 heterocycles. The van der Waals surface area contributed by atoms with Crippen LogP contribution >= 0.6 is 24.4 Å². The first-order chi connectivity index (χ1) is 28.3. The molecule has 0 radical (unpaired) electrons. The van der Waals surface area contributed by atoms with Crippen molar-refractivity contribution in [2.45, 2.75) is 14.7 Å². The van der Waals surface area contributed by atoms with Crippen LogP contribution in [0.5, 0.6) is 5.75 Å². The van der Waals surface area contributed by atoms with Gasteiger partial charge in [-0.15, -0.1) is 14.4 Å². The first-order valence-electron chi connectivity index (χ1n) is 16.4. The molecule has 2 aromatic heterocycles. The summed E-state index contributed by atoms with van der Waals surface area (Å²) in [6.07, 6.45) is 2.94. The molecule has 3 aromatic carbocycles. The second kappa shape index (κ2) is 24.9. The normalized spacial score (nSPS) is 13.0. The second-order valence-electron chi connectivity index (χ2n) is 11.7. The smallest absolute Gasteiger partial charge is 0.744 e. The number of benzene rings is 3. The number of anilines is 3. The summed E-state index contributed by atoms with van der Waals surface area (Å²) in [7, 11) is -9.09. The molecule has 0 saturated carbocycles. The standard InChI is InChI=1S/C31H29N9O15S4.3Na/c32-28(42)18-5-7-39(8-6-18)30-34-29(35-31(36-30)40-9-11-50-12-10-40)33-23-17-22-19(16-25(23)59(47,48)49)15-24(56-54-52-43)26(27(22)41)38-37-20-1-3-21(4-2-20)58(45,46)14-13-51-57-55-53-44;;;/h1-8,15-17H,9-14,32H2,(H4,42,43,44,47,48,49);;;/q;3*+1/p-2. The van der Waals surface area contributed by atoms with Crippen LogP contribution in [0.4, 0.5) is 29.0 Å². The summed E-state index contributed by atoms with van der Waals surface area (Å²) in [5.41, 5.74) is 5.01. The van der Waals surface area contributed by atoms with Crippen LogP contribution in [-0.4, -0.2) is 86.0 Å². The van der Waals surface area contributed by atoms with E-state index in [1.807, 2.05) is 0 Å². The fourth-order valence-corrected chi connectivity index (χ4v) is 7.87. The summed E-state index contributed by atoms with van der Waals surface area (Å²) < 4.78 is 83.2. The van der Waals surface area contributed by atoms with E-state index in [1.165, 1.54) is 59.4 Å². The van der Waals surface area contributed by atoms with E-state index < -0.39 is 42.3 Å². The summed E-state index contributed by atoms with van der Waals surface area (Å²) in [5, 5.41) is 49.4. The molecule has 4 N–H and O–H groups in total. The molecule has 0 unspecified atom stereocenters. The van der Waals surface area contributed by atoms with Crippen molar-refractivity contribution < 1.29 is 163 Å². The molecule has 62 heavy (non-hydrogen) atoms. The van der Waals surface area contributed by atoms with Gasteiger partial charge >= 0.3 is 107 Å². The van der Waals surface area contributed by atoms with Crippen molar-refractivity contribution in [3.05, 3.63) is 72.6 Å². The third-order valence-corrected chi connectivity index (χ3v) is 11.6. The van der Waals surface area contributed by atoms with Gasteiger partial charge < -0.3 is 40.9 Å². The Balaban J connectivity index is 0.00000341. The van der Waals surface area contributed by atoms with Crippen molar-refractivity contribution in [1.82, 2.24) is 15.0 Å². The Morgan fingerprint density at radius 3 is 2.26 bits per heavy atom. The third kappa shape index (κ3) is 14.1. The summed E-state index contributed by atoms with van der Waals surface area (Å²) in [6.45, 7) is 1.17. The Morgan fingerprint density at radius 2 is 1.63 bits per heavy atom. The van der Waals surface area contributed by atoms with Crippen LogP contribution in [0.25, 0.3) is 16.7 Å². The molecule has 0 atom stereocenters. The maximum Gasteiger partial charge on any atom is 1.00 e. The van der Waals surface area contributed by atoms with E-state index in [0.717, 1.165) is 12.1 Å². The minimum atomic E-state index is -5.24. The number of nitrogens with one attached hydrogen (secondary N) is 1. The van der Waals surface area contributed by atoms with E-state index in [9.17, 15) is 41.8 Å². The Bertz CT molecular complexity index is 2580. The average molecular weight is 963 g/mol. The first-order valence-corrected chi connectivity index (χ1v) is 20.8. The number of phenols is 1. The number of pyridine rings is 1. The Morgan fingerprint density at radius 1 is 0.952 bits per heavy atom. The molecule has 0 aliphatic carbocycles. The summed E-state index contributed by atoms with van der Waals surface area (Å²) in [4.78, 5) is 25.8. The van der Waals surface area contributed by atoms with Crippen molar-refractivity contribution in [3.8, 4) is 11.7 Å². The molecule has 1 aliphatic rings. The first kappa shape index (κ1) is 54.1. The molecule has 1 amide bonds. The van der Waals surface area contributed by atoms with Crippen molar-refractivity contribution in [2.75, 3.05) is 48.9 Å². The number of carbonyl (C=O) groups is 1. The molecule has 6 rings (SSSR count). The number of hydrogen-bond acceptors (Lipinski definition) is 24. The van der Waals surface area contributed by atoms with Gasteiger partial charge in [0.2, 0.25) is 5.91 Å². The van der Waals surface area contributed by atoms with Gasteiger partial charge in [-0.25, -0.2) is 21.4 Å². The molecular formula is C31H27N9Na3O15S4+.